The van der Waals surface area contributed by atoms with Crippen molar-refractivity contribution in [3.8, 4) is 0 Å². The van der Waals surface area contributed by atoms with E-state index in [1.807, 2.05) is 68.4 Å². The summed E-state index contributed by atoms with van der Waals surface area (Å²) in [4.78, 5) is 0.732. The first-order valence-corrected chi connectivity index (χ1v) is 6.87. The van der Waals surface area contributed by atoms with Crippen LogP contribution in [-0.2, 0) is 11.0 Å². The van der Waals surface area contributed by atoms with Crippen LogP contribution in [0.2, 0.25) is 0 Å². The summed E-state index contributed by atoms with van der Waals surface area (Å²) in [7, 11) is -1.33. The maximum absolute atomic E-state index is 12.1. The average molecular weight is 257 g/mol. The lowest BCUT2D eigenvalue weighted by Gasteiger charge is -2.01. The molecule has 2 rings (SSSR count). The maximum atomic E-state index is 12.1. The van der Waals surface area contributed by atoms with Gasteiger partial charge in [0.15, 0.2) is 11.0 Å². The van der Waals surface area contributed by atoms with Crippen LogP contribution in [-0.4, -0.2) is 9.92 Å². The van der Waals surface area contributed by atoms with Gasteiger partial charge < -0.3 is 0 Å². The van der Waals surface area contributed by atoms with E-state index in [4.69, 9.17) is 0 Å². The van der Waals surface area contributed by atoms with E-state index < -0.39 is 11.0 Å². The number of benzene rings is 2. The third kappa shape index (κ3) is 3.14. The summed E-state index contributed by atoms with van der Waals surface area (Å²) in [6.45, 7) is 3.88. The zero-order valence-electron chi connectivity index (χ0n) is 10.5. The SMILES string of the molecule is C/C(=N/[S@@](=O)c1ccc(C)cc1)c1ccccc1. The first-order chi connectivity index (χ1) is 8.66. The minimum atomic E-state index is -1.33. The zero-order valence-corrected chi connectivity index (χ0v) is 11.3. The molecule has 0 aliphatic rings. The van der Waals surface area contributed by atoms with Gasteiger partial charge >= 0.3 is 0 Å². The summed E-state index contributed by atoms with van der Waals surface area (Å²) >= 11 is 0. The van der Waals surface area contributed by atoms with E-state index in [2.05, 4.69) is 4.40 Å². The highest BCUT2D eigenvalue weighted by molar-refractivity contribution is 7.83. The van der Waals surface area contributed by atoms with Gasteiger partial charge in [-0.25, -0.2) is 4.21 Å². The van der Waals surface area contributed by atoms with Crippen molar-refractivity contribution in [3.63, 3.8) is 0 Å². The van der Waals surface area contributed by atoms with Crippen molar-refractivity contribution < 1.29 is 4.21 Å². The number of hydrogen-bond donors (Lipinski definition) is 0. The number of aryl methyl sites for hydroxylation is 1. The normalized spacial score (nSPS) is 13.3. The highest BCUT2D eigenvalue weighted by Gasteiger charge is 2.03. The number of rotatable bonds is 3. The second-order valence-electron chi connectivity index (χ2n) is 4.10. The average Bonchev–Trinajstić information content (AvgIpc) is 2.40. The molecule has 0 saturated heterocycles. The Morgan fingerprint density at radius 3 is 2.22 bits per heavy atom. The summed E-state index contributed by atoms with van der Waals surface area (Å²) in [5.41, 5.74) is 2.94. The topological polar surface area (TPSA) is 29.4 Å². The zero-order chi connectivity index (χ0) is 13.0. The lowest BCUT2D eigenvalue weighted by Crippen LogP contribution is -1.97. The van der Waals surface area contributed by atoms with E-state index in [1.54, 1.807) is 0 Å². The van der Waals surface area contributed by atoms with Crippen molar-refractivity contribution >= 4 is 16.7 Å². The van der Waals surface area contributed by atoms with Gasteiger partial charge in [0.25, 0.3) is 0 Å². The quantitative estimate of drug-likeness (QED) is 0.773. The second kappa shape index (κ2) is 5.74. The van der Waals surface area contributed by atoms with E-state index >= 15 is 0 Å². The predicted molar refractivity (Wildman–Crippen MR) is 76.2 cm³/mol. The van der Waals surface area contributed by atoms with Gasteiger partial charge in [-0.1, -0.05) is 48.0 Å². The Labute approximate surface area is 110 Å². The fourth-order valence-electron chi connectivity index (χ4n) is 1.56. The Morgan fingerprint density at radius 2 is 1.61 bits per heavy atom. The first kappa shape index (κ1) is 12.7. The van der Waals surface area contributed by atoms with Crippen LogP contribution in [0.25, 0.3) is 0 Å². The van der Waals surface area contributed by atoms with Gasteiger partial charge in [-0.05, 0) is 31.5 Å². The first-order valence-electron chi connectivity index (χ1n) is 5.76. The molecular formula is C15H15NOS. The molecule has 0 saturated carbocycles. The lowest BCUT2D eigenvalue weighted by molar-refractivity contribution is 0.684. The molecule has 0 bridgehead atoms. The molecule has 18 heavy (non-hydrogen) atoms. The Bertz CT molecular complexity index is 573. The molecule has 0 radical (unpaired) electrons. The van der Waals surface area contributed by atoms with Gasteiger partial charge in [-0.2, -0.15) is 4.40 Å². The van der Waals surface area contributed by atoms with Gasteiger partial charge in [0.05, 0.1) is 10.6 Å². The van der Waals surface area contributed by atoms with Crippen LogP contribution in [0.15, 0.2) is 63.9 Å². The summed E-state index contributed by atoms with van der Waals surface area (Å²) in [5.74, 6) is 0. The van der Waals surface area contributed by atoms with Gasteiger partial charge in [0, 0.05) is 0 Å². The molecule has 0 heterocycles. The monoisotopic (exact) mass is 257 g/mol. The molecule has 2 aromatic carbocycles. The van der Waals surface area contributed by atoms with Crippen molar-refractivity contribution in [3.05, 3.63) is 65.7 Å². The summed E-state index contributed by atoms with van der Waals surface area (Å²) in [6, 6.07) is 17.4. The minimum absolute atomic E-state index is 0.732. The third-order valence-corrected chi connectivity index (χ3v) is 3.75. The molecule has 0 unspecified atom stereocenters. The van der Waals surface area contributed by atoms with Crippen LogP contribution in [0.5, 0.6) is 0 Å². The van der Waals surface area contributed by atoms with E-state index in [1.165, 1.54) is 0 Å². The number of hydrogen-bond acceptors (Lipinski definition) is 1. The summed E-state index contributed by atoms with van der Waals surface area (Å²) in [5, 5.41) is 0. The molecule has 3 heteroatoms. The van der Waals surface area contributed by atoms with Crippen LogP contribution in [0.3, 0.4) is 0 Å². The van der Waals surface area contributed by atoms with Gasteiger partial charge in [0.2, 0.25) is 0 Å². The standard InChI is InChI=1S/C15H15NOS/c1-12-8-10-15(11-9-12)18(17)16-13(2)14-6-4-3-5-7-14/h3-11H,1-2H3/b16-13-/t18-/m0/s1. The fourth-order valence-corrected chi connectivity index (χ4v) is 2.39. The van der Waals surface area contributed by atoms with Crippen LogP contribution in [0.4, 0.5) is 0 Å². The largest absolute Gasteiger partial charge is 0.229 e. The summed E-state index contributed by atoms with van der Waals surface area (Å²) < 4.78 is 16.3. The van der Waals surface area contributed by atoms with E-state index in [0.717, 1.165) is 21.7 Å². The lowest BCUT2D eigenvalue weighted by atomic mass is 10.1. The molecule has 0 amide bonds. The van der Waals surface area contributed by atoms with Crippen LogP contribution in [0, 0.1) is 6.92 Å². The molecule has 0 aliphatic heterocycles. The molecular weight excluding hydrogens is 242 g/mol. The Kier molecular flexibility index (Phi) is 4.05. The van der Waals surface area contributed by atoms with Gasteiger partial charge in [-0.15, -0.1) is 0 Å². The Hall–Kier alpha value is -1.74. The molecule has 2 aromatic rings. The van der Waals surface area contributed by atoms with Crippen LogP contribution >= 0.6 is 0 Å². The summed E-state index contributed by atoms with van der Waals surface area (Å²) in [6.07, 6.45) is 0. The van der Waals surface area contributed by atoms with Gasteiger partial charge in [-0.3, -0.25) is 0 Å². The van der Waals surface area contributed by atoms with E-state index in [0.29, 0.717) is 0 Å². The van der Waals surface area contributed by atoms with Crippen molar-refractivity contribution in [2.75, 3.05) is 0 Å². The smallest absolute Gasteiger partial charge is 0.172 e. The van der Waals surface area contributed by atoms with Crippen molar-refractivity contribution in [2.24, 2.45) is 4.40 Å². The molecule has 1 atom stereocenters. The number of nitrogens with zero attached hydrogens (tertiary/aromatic N) is 1. The Balaban J connectivity index is 2.23. The molecule has 0 aromatic heterocycles. The highest BCUT2D eigenvalue weighted by Crippen LogP contribution is 2.11. The molecule has 0 aliphatic carbocycles. The molecule has 2 nitrogen and oxygen atoms in total. The van der Waals surface area contributed by atoms with Crippen molar-refractivity contribution in [1.82, 2.24) is 0 Å². The maximum Gasteiger partial charge on any atom is 0.172 e. The predicted octanol–water partition coefficient (Wildman–Crippen LogP) is 3.53. The second-order valence-corrected chi connectivity index (χ2v) is 5.26. The van der Waals surface area contributed by atoms with E-state index in [9.17, 15) is 4.21 Å². The molecule has 0 fully saturated rings. The van der Waals surface area contributed by atoms with E-state index in [-0.39, 0.29) is 0 Å². The highest BCUT2D eigenvalue weighted by atomic mass is 32.2. The Morgan fingerprint density at radius 1 is 1.00 bits per heavy atom. The van der Waals surface area contributed by atoms with Crippen LogP contribution < -0.4 is 0 Å². The van der Waals surface area contributed by atoms with Crippen molar-refractivity contribution in [2.45, 2.75) is 18.7 Å². The minimum Gasteiger partial charge on any atom is -0.229 e. The van der Waals surface area contributed by atoms with Crippen molar-refractivity contribution in [1.29, 1.82) is 0 Å². The molecule has 92 valence electrons. The molecule has 0 N–H and O–H groups in total. The molecule has 0 spiro atoms. The van der Waals surface area contributed by atoms with Crippen LogP contribution in [0.1, 0.15) is 18.1 Å². The van der Waals surface area contributed by atoms with Gasteiger partial charge in [0.1, 0.15) is 0 Å². The fraction of sp³-hybridized carbons (Fsp3) is 0.133. The third-order valence-electron chi connectivity index (χ3n) is 2.63.